The number of ether oxygens (including phenoxy) is 1. The lowest BCUT2D eigenvalue weighted by Gasteiger charge is -2.43. The number of nitrogens with zero attached hydrogens (tertiary/aromatic N) is 2. The number of rotatable bonds is 8. The zero-order valence-electron chi connectivity index (χ0n) is 25.5. The smallest absolute Gasteiger partial charge is 0.274 e. The van der Waals surface area contributed by atoms with Crippen LogP contribution >= 0.6 is 0 Å². The molecule has 2 unspecified atom stereocenters. The number of carbonyl (C=O) groups excluding carboxylic acids is 1. The number of benzene rings is 3. The maximum Gasteiger partial charge on any atom is 0.274 e. The van der Waals surface area contributed by atoms with E-state index in [0.717, 1.165) is 23.2 Å². The van der Waals surface area contributed by atoms with Crippen LogP contribution < -0.4 is 20.6 Å². The van der Waals surface area contributed by atoms with Crippen molar-refractivity contribution >= 4 is 41.3 Å². The molecule has 7 nitrogen and oxygen atoms in total. The molecule has 1 aromatic heterocycles. The highest BCUT2D eigenvalue weighted by molar-refractivity contribution is 6.99. The van der Waals surface area contributed by atoms with Crippen LogP contribution in [0.15, 0.2) is 71.3 Å². The van der Waals surface area contributed by atoms with Gasteiger partial charge in [-0.05, 0) is 48.2 Å². The lowest BCUT2D eigenvalue weighted by atomic mass is 10.0. The highest BCUT2D eigenvalue weighted by Crippen LogP contribution is 2.40. The number of amides is 1. The molecule has 2 fully saturated rings. The number of carbonyl (C=O) groups is 1. The first-order chi connectivity index (χ1) is 20.6. The molecule has 0 spiro atoms. The molecule has 1 aliphatic heterocycles. The zero-order chi connectivity index (χ0) is 30.4. The number of nitrogens with one attached hydrogen (secondary N) is 1. The zero-order valence-corrected chi connectivity index (χ0v) is 26.5. The van der Waals surface area contributed by atoms with Crippen LogP contribution in [0.2, 0.25) is 5.04 Å². The van der Waals surface area contributed by atoms with Crippen LogP contribution in [-0.2, 0) is 15.8 Å². The van der Waals surface area contributed by atoms with E-state index in [2.05, 4.69) is 55.5 Å². The van der Waals surface area contributed by atoms with Gasteiger partial charge in [0.15, 0.2) is 11.5 Å². The highest BCUT2D eigenvalue weighted by atomic mass is 28.4. The molecule has 1 saturated carbocycles. The maximum absolute atomic E-state index is 16.6. The van der Waals surface area contributed by atoms with Gasteiger partial charge in [0.2, 0.25) is 5.58 Å². The minimum atomic E-state index is -2.93. The van der Waals surface area contributed by atoms with E-state index >= 15 is 4.39 Å². The van der Waals surface area contributed by atoms with Gasteiger partial charge in [0.25, 0.3) is 14.2 Å². The Morgan fingerprint density at radius 2 is 1.60 bits per heavy atom. The third-order valence-electron chi connectivity index (χ3n) is 8.48. The van der Waals surface area contributed by atoms with Gasteiger partial charge in [0.1, 0.15) is 0 Å². The molecule has 9 heteroatoms. The Balaban J connectivity index is 1.50. The van der Waals surface area contributed by atoms with Crippen LogP contribution in [-0.4, -0.2) is 50.7 Å². The standard InChI is InChI=1S/C34H40FN3O4Si/c1-22-19-38(20-23(2)41-22)31-24(18-28-30(33(39)36-25-16-17-25)37-42-32(28)29(31)35)21-40-43(34(3,4)5,26-12-8-6-9-13-26)27-14-10-7-11-15-27/h6-15,18,22-23,25H,16-17,19-21H2,1-5H3,(H,36,39). The summed E-state index contributed by atoms with van der Waals surface area (Å²) < 4.78 is 35.4. The minimum Gasteiger partial charge on any atom is -0.403 e. The third kappa shape index (κ3) is 5.61. The molecule has 1 saturated heterocycles. The number of hydrogen-bond donors (Lipinski definition) is 1. The molecule has 3 aromatic carbocycles. The molecule has 4 aromatic rings. The molecule has 2 heterocycles. The number of hydrogen-bond acceptors (Lipinski definition) is 6. The molecule has 1 aliphatic carbocycles. The van der Waals surface area contributed by atoms with Crippen molar-refractivity contribution in [2.75, 3.05) is 18.0 Å². The van der Waals surface area contributed by atoms with Crippen LogP contribution in [0, 0.1) is 5.82 Å². The van der Waals surface area contributed by atoms with Crippen molar-refractivity contribution in [1.82, 2.24) is 10.5 Å². The van der Waals surface area contributed by atoms with Crippen LogP contribution in [0.1, 0.15) is 63.5 Å². The molecular formula is C34H40FN3O4Si. The van der Waals surface area contributed by atoms with E-state index in [1.165, 1.54) is 0 Å². The quantitative estimate of drug-likeness (QED) is 0.267. The predicted molar refractivity (Wildman–Crippen MR) is 169 cm³/mol. The summed E-state index contributed by atoms with van der Waals surface area (Å²) in [5.41, 5.74) is 1.15. The first-order valence-corrected chi connectivity index (χ1v) is 17.1. The normalized spacial score (nSPS) is 19.5. The summed E-state index contributed by atoms with van der Waals surface area (Å²) >= 11 is 0. The molecule has 1 N–H and O–H groups in total. The maximum atomic E-state index is 16.6. The van der Waals surface area contributed by atoms with Gasteiger partial charge < -0.3 is 23.9 Å². The fourth-order valence-electron chi connectivity index (χ4n) is 6.49. The van der Waals surface area contributed by atoms with E-state index in [9.17, 15) is 4.79 Å². The van der Waals surface area contributed by atoms with Crippen molar-refractivity contribution in [2.24, 2.45) is 0 Å². The van der Waals surface area contributed by atoms with E-state index < -0.39 is 14.1 Å². The van der Waals surface area contributed by atoms with Gasteiger partial charge in [-0.2, -0.15) is 0 Å². The Bertz CT molecular complexity index is 1550. The second kappa shape index (κ2) is 11.5. The van der Waals surface area contributed by atoms with Crippen molar-refractivity contribution in [1.29, 1.82) is 0 Å². The summed E-state index contributed by atoms with van der Waals surface area (Å²) in [5.74, 6) is -0.876. The summed E-state index contributed by atoms with van der Waals surface area (Å²) in [6.45, 7) is 11.8. The SMILES string of the molecule is CC1CN(c2c(CO[Si](c3ccccc3)(c3ccccc3)C(C)(C)C)cc3c(C(=O)NC4CC4)noc3c2F)CC(C)O1. The largest absolute Gasteiger partial charge is 0.403 e. The van der Waals surface area contributed by atoms with Crippen molar-refractivity contribution < 1.29 is 22.9 Å². The fourth-order valence-corrected chi connectivity index (χ4v) is 11.0. The summed E-state index contributed by atoms with van der Waals surface area (Å²) in [4.78, 5) is 15.1. The number of fused-ring (bicyclic) bond motifs is 1. The van der Waals surface area contributed by atoms with Crippen LogP contribution in [0.3, 0.4) is 0 Å². The van der Waals surface area contributed by atoms with Crippen molar-refractivity contribution in [3.8, 4) is 0 Å². The van der Waals surface area contributed by atoms with Crippen LogP contribution in [0.25, 0.3) is 11.0 Å². The van der Waals surface area contributed by atoms with Crippen LogP contribution in [0.4, 0.5) is 10.1 Å². The molecule has 2 atom stereocenters. The topological polar surface area (TPSA) is 76.8 Å². The van der Waals surface area contributed by atoms with E-state index in [4.69, 9.17) is 13.7 Å². The monoisotopic (exact) mass is 601 g/mol. The third-order valence-corrected chi connectivity index (χ3v) is 13.5. The Kier molecular flexibility index (Phi) is 7.91. The first kappa shape index (κ1) is 29.5. The molecule has 2 aliphatic rings. The van der Waals surface area contributed by atoms with E-state index in [1.807, 2.05) is 61.2 Å². The van der Waals surface area contributed by atoms with Crippen LogP contribution in [0.5, 0.6) is 0 Å². The Labute approximate surface area is 253 Å². The molecule has 226 valence electrons. The van der Waals surface area contributed by atoms with Gasteiger partial charge in [-0.25, -0.2) is 4.39 Å². The van der Waals surface area contributed by atoms with Crippen molar-refractivity contribution in [3.63, 3.8) is 0 Å². The molecular weight excluding hydrogens is 561 g/mol. The second-order valence-corrected chi connectivity index (χ2v) is 17.3. The highest BCUT2D eigenvalue weighted by Gasteiger charge is 2.50. The Hall–Kier alpha value is -3.53. The molecule has 0 radical (unpaired) electrons. The molecule has 6 rings (SSSR count). The lowest BCUT2D eigenvalue weighted by molar-refractivity contribution is -0.00549. The number of morpholine rings is 1. The molecule has 1 amide bonds. The van der Waals surface area contributed by atoms with Crippen molar-refractivity contribution in [2.45, 2.75) is 77.4 Å². The van der Waals surface area contributed by atoms with E-state index in [-0.39, 0.29) is 47.1 Å². The first-order valence-electron chi connectivity index (χ1n) is 15.2. The Morgan fingerprint density at radius 3 is 2.14 bits per heavy atom. The second-order valence-electron chi connectivity index (χ2n) is 13.0. The van der Waals surface area contributed by atoms with E-state index in [1.54, 1.807) is 0 Å². The summed E-state index contributed by atoms with van der Waals surface area (Å²) in [5, 5.41) is 9.37. The summed E-state index contributed by atoms with van der Waals surface area (Å²) in [6.07, 6.45) is 1.70. The average molecular weight is 602 g/mol. The van der Waals surface area contributed by atoms with Gasteiger partial charge >= 0.3 is 0 Å². The van der Waals surface area contributed by atoms with Gasteiger partial charge in [-0.1, -0.05) is 86.6 Å². The molecule has 0 bridgehead atoms. The van der Waals surface area contributed by atoms with E-state index in [0.29, 0.717) is 29.7 Å². The minimum absolute atomic E-state index is 0.0167. The number of aromatic nitrogens is 1. The lowest BCUT2D eigenvalue weighted by Crippen LogP contribution is -2.66. The predicted octanol–water partition coefficient (Wildman–Crippen LogP) is 5.55. The Morgan fingerprint density at radius 1 is 1.02 bits per heavy atom. The number of anilines is 1. The summed E-state index contributed by atoms with van der Waals surface area (Å²) in [6, 6.07) is 22.7. The average Bonchev–Trinajstić information content (AvgIpc) is 3.68. The van der Waals surface area contributed by atoms with Gasteiger partial charge in [-0.15, -0.1) is 0 Å². The number of halogens is 1. The summed E-state index contributed by atoms with van der Waals surface area (Å²) in [7, 11) is -2.93. The fraction of sp³-hybridized carbons (Fsp3) is 0.412. The van der Waals surface area contributed by atoms with Gasteiger partial charge in [0, 0.05) is 24.7 Å². The van der Waals surface area contributed by atoms with Gasteiger partial charge in [-0.3, -0.25) is 4.79 Å². The van der Waals surface area contributed by atoms with Crippen molar-refractivity contribution in [3.05, 3.63) is 83.8 Å². The molecule has 43 heavy (non-hydrogen) atoms. The van der Waals surface area contributed by atoms with Gasteiger partial charge in [0.05, 0.1) is 29.9 Å².